The summed E-state index contributed by atoms with van der Waals surface area (Å²) in [7, 11) is 0. The van der Waals surface area contributed by atoms with Gasteiger partial charge in [0.15, 0.2) is 0 Å². The van der Waals surface area contributed by atoms with E-state index in [-0.39, 0.29) is 12.5 Å². The number of halogens is 3. The third kappa shape index (κ3) is 7.62. The van der Waals surface area contributed by atoms with E-state index >= 15 is 0 Å². The molecule has 0 aromatic carbocycles. The summed E-state index contributed by atoms with van der Waals surface area (Å²) in [6, 6.07) is -0.00713. The molecule has 5 heteroatoms. The molecule has 0 aromatic heterocycles. The van der Waals surface area contributed by atoms with Gasteiger partial charge in [0, 0.05) is 12.5 Å². The van der Waals surface area contributed by atoms with Crippen LogP contribution in [0.2, 0.25) is 0 Å². The lowest BCUT2D eigenvalue weighted by Crippen LogP contribution is -2.40. The molecule has 0 aromatic rings. The van der Waals surface area contributed by atoms with E-state index in [1.807, 2.05) is 6.92 Å². The van der Waals surface area contributed by atoms with Crippen LogP contribution in [0.5, 0.6) is 0 Å². The fraction of sp³-hybridized carbons (Fsp3) is 1.00. The molecule has 0 spiro atoms. The number of alkyl halides is 3. The van der Waals surface area contributed by atoms with Gasteiger partial charge in [-0.15, -0.1) is 0 Å². The van der Waals surface area contributed by atoms with Gasteiger partial charge in [-0.25, -0.2) is 0 Å². The van der Waals surface area contributed by atoms with Crippen LogP contribution in [0, 0.1) is 5.92 Å². The summed E-state index contributed by atoms with van der Waals surface area (Å²) < 4.78 is 35.7. The van der Waals surface area contributed by atoms with Gasteiger partial charge in [0.1, 0.15) is 0 Å². The van der Waals surface area contributed by atoms with E-state index in [1.54, 1.807) is 0 Å². The fourth-order valence-corrected chi connectivity index (χ4v) is 1.71. The molecule has 0 radical (unpaired) electrons. The van der Waals surface area contributed by atoms with Crippen molar-refractivity contribution in [2.45, 2.75) is 58.2 Å². The van der Waals surface area contributed by atoms with Crippen molar-refractivity contribution in [1.29, 1.82) is 0 Å². The van der Waals surface area contributed by atoms with Crippen LogP contribution in [-0.2, 0) is 0 Å². The number of rotatable bonds is 7. The van der Waals surface area contributed by atoms with Crippen molar-refractivity contribution < 1.29 is 13.2 Å². The Morgan fingerprint density at radius 3 is 2.27 bits per heavy atom. The smallest absolute Gasteiger partial charge is 0.271 e. The maximum Gasteiger partial charge on any atom is 0.389 e. The molecule has 2 nitrogen and oxygen atoms in total. The zero-order valence-corrected chi connectivity index (χ0v) is 9.40. The van der Waals surface area contributed by atoms with Crippen molar-refractivity contribution in [2.75, 3.05) is 0 Å². The van der Waals surface area contributed by atoms with Crippen molar-refractivity contribution in [2.24, 2.45) is 11.8 Å². The van der Waals surface area contributed by atoms with Crippen LogP contribution < -0.4 is 11.3 Å². The first-order valence-corrected chi connectivity index (χ1v) is 5.43. The highest BCUT2D eigenvalue weighted by atomic mass is 19.4. The molecule has 2 atom stereocenters. The van der Waals surface area contributed by atoms with Gasteiger partial charge in [0.05, 0.1) is 0 Å². The Hall–Kier alpha value is -0.290. The van der Waals surface area contributed by atoms with Gasteiger partial charge < -0.3 is 0 Å². The standard InChI is InChI=1S/C10H21F3N2/c1-3-5-8(2)9(15-14)6-4-7-10(11,12)13/h8-9,15H,3-7,14H2,1-2H3. The number of hydrazine groups is 1. The first kappa shape index (κ1) is 14.7. The van der Waals surface area contributed by atoms with Crippen molar-refractivity contribution >= 4 is 0 Å². The molecular formula is C10H21F3N2. The molecule has 0 amide bonds. The van der Waals surface area contributed by atoms with Gasteiger partial charge in [-0.1, -0.05) is 20.3 Å². The van der Waals surface area contributed by atoms with Gasteiger partial charge in [-0.3, -0.25) is 11.3 Å². The monoisotopic (exact) mass is 226 g/mol. The minimum Gasteiger partial charge on any atom is -0.271 e. The second-order valence-corrected chi connectivity index (χ2v) is 4.05. The molecule has 0 aliphatic rings. The number of hydrogen-bond acceptors (Lipinski definition) is 2. The molecule has 15 heavy (non-hydrogen) atoms. The Balaban J connectivity index is 3.80. The summed E-state index contributed by atoms with van der Waals surface area (Å²) in [5, 5.41) is 0. The Kier molecular flexibility index (Phi) is 6.92. The van der Waals surface area contributed by atoms with Crippen LogP contribution in [0.3, 0.4) is 0 Å². The van der Waals surface area contributed by atoms with E-state index in [1.165, 1.54) is 0 Å². The highest BCUT2D eigenvalue weighted by Gasteiger charge is 2.27. The third-order valence-electron chi connectivity index (χ3n) is 2.62. The lowest BCUT2D eigenvalue weighted by atomic mass is 9.93. The lowest BCUT2D eigenvalue weighted by molar-refractivity contribution is -0.136. The van der Waals surface area contributed by atoms with Gasteiger partial charge in [-0.2, -0.15) is 13.2 Å². The van der Waals surface area contributed by atoms with Crippen LogP contribution in [0.15, 0.2) is 0 Å². The molecule has 0 heterocycles. The molecule has 0 rings (SSSR count). The van der Waals surface area contributed by atoms with Crippen molar-refractivity contribution in [3.8, 4) is 0 Å². The Morgan fingerprint density at radius 2 is 1.87 bits per heavy atom. The highest BCUT2D eigenvalue weighted by Crippen LogP contribution is 2.24. The molecule has 2 unspecified atom stereocenters. The number of nitrogens with one attached hydrogen (secondary N) is 1. The van der Waals surface area contributed by atoms with Crippen LogP contribution in [0.4, 0.5) is 13.2 Å². The quantitative estimate of drug-likeness (QED) is 0.517. The first-order chi connectivity index (χ1) is 6.90. The summed E-state index contributed by atoms with van der Waals surface area (Å²) in [5.74, 6) is 5.65. The average molecular weight is 226 g/mol. The molecule has 0 bridgehead atoms. The molecule has 92 valence electrons. The predicted molar refractivity (Wildman–Crippen MR) is 55.1 cm³/mol. The van der Waals surface area contributed by atoms with Crippen molar-refractivity contribution in [3.05, 3.63) is 0 Å². The van der Waals surface area contributed by atoms with Crippen molar-refractivity contribution in [3.63, 3.8) is 0 Å². The van der Waals surface area contributed by atoms with Gasteiger partial charge in [0.2, 0.25) is 0 Å². The van der Waals surface area contributed by atoms with Crippen LogP contribution in [0.1, 0.15) is 46.0 Å². The van der Waals surface area contributed by atoms with Crippen LogP contribution in [-0.4, -0.2) is 12.2 Å². The van der Waals surface area contributed by atoms with E-state index in [4.69, 9.17) is 5.84 Å². The zero-order chi connectivity index (χ0) is 11.9. The second kappa shape index (κ2) is 7.06. The predicted octanol–water partition coefficient (Wildman–Crippen LogP) is 2.99. The minimum atomic E-state index is -4.05. The average Bonchev–Trinajstić information content (AvgIpc) is 2.11. The lowest BCUT2D eigenvalue weighted by Gasteiger charge is -2.23. The molecule has 0 saturated heterocycles. The molecular weight excluding hydrogens is 205 g/mol. The molecule has 0 aliphatic heterocycles. The maximum absolute atomic E-state index is 11.9. The summed E-state index contributed by atoms with van der Waals surface area (Å²) in [6.07, 6.45) is -2.12. The van der Waals surface area contributed by atoms with Crippen molar-refractivity contribution in [1.82, 2.24) is 5.43 Å². The number of nitrogens with two attached hydrogens (primary N) is 1. The van der Waals surface area contributed by atoms with E-state index in [0.29, 0.717) is 12.3 Å². The zero-order valence-electron chi connectivity index (χ0n) is 9.40. The second-order valence-electron chi connectivity index (χ2n) is 4.05. The van der Waals surface area contributed by atoms with E-state index in [2.05, 4.69) is 12.3 Å². The Morgan fingerprint density at radius 1 is 1.27 bits per heavy atom. The summed E-state index contributed by atoms with van der Waals surface area (Å²) >= 11 is 0. The third-order valence-corrected chi connectivity index (χ3v) is 2.62. The summed E-state index contributed by atoms with van der Waals surface area (Å²) in [6.45, 7) is 4.07. The van der Waals surface area contributed by atoms with E-state index in [9.17, 15) is 13.2 Å². The summed E-state index contributed by atoms with van der Waals surface area (Å²) in [4.78, 5) is 0. The van der Waals surface area contributed by atoms with Crippen LogP contribution in [0.25, 0.3) is 0 Å². The molecule has 3 N–H and O–H groups in total. The topological polar surface area (TPSA) is 38.0 Å². The maximum atomic E-state index is 11.9. The molecule has 0 saturated carbocycles. The van der Waals surface area contributed by atoms with Gasteiger partial charge >= 0.3 is 6.18 Å². The van der Waals surface area contributed by atoms with Crippen LogP contribution >= 0.6 is 0 Å². The van der Waals surface area contributed by atoms with E-state index < -0.39 is 12.6 Å². The number of hydrogen-bond donors (Lipinski definition) is 2. The fourth-order valence-electron chi connectivity index (χ4n) is 1.71. The first-order valence-electron chi connectivity index (χ1n) is 5.43. The minimum absolute atomic E-state index is 0.00713. The van der Waals surface area contributed by atoms with Gasteiger partial charge in [0.25, 0.3) is 0 Å². The molecule has 0 fully saturated rings. The Labute approximate surface area is 89.4 Å². The SMILES string of the molecule is CCCC(C)C(CCCC(F)(F)F)NN. The molecule has 0 aliphatic carbocycles. The van der Waals surface area contributed by atoms with Gasteiger partial charge in [-0.05, 0) is 25.2 Å². The largest absolute Gasteiger partial charge is 0.389 e. The normalized spacial score (nSPS) is 16.4. The van der Waals surface area contributed by atoms with E-state index in [0.717, 1.165) is 12.8 Å². The Bertz CT molecular complexity index is 159. The summed E-state index contributed by atoms with van der Waals surface area (Å²) in [5.41, 5.74) is 2.61. The highest BCUT2D eigenvalue weighted by molar-refractivity contribution is 4.71.